The van der Waals surface area contributed by atoms with Crippen molar-refractivity contribution in [2.45, 2.75) is 46.1 Å². The molecule has 1 fully saturated rings. The zero-order valence-electron chi connectivity index (χ0n) is 13.5. The fourth-order valence-electron chi connectivity index (χ4n) is 3.03. The van der Waals surface area contributed by atoms with Crippen molar-refractivity contribution in [2.24, 2.45) is 17.6 Å². The van der Waals surface area contributed by atoms with Crippen LogP contribution in [-0.2, 0) is 0 Å². The number of piperidine rings is 1. The highest BCUT2D eigenvalue weighted by Crippen LogP contribution is 2.24. The van der Waals surface area contributed by atoms with E-state index >= 15 is 0 Å². The van der Waals surface area contributed by atoms with E-state index in [-0.39, 0.29) is 6.04 Å². The van der Waals surface area contributed by atoms with E-state index in [4.69, 9.17) is 5.73 Å². The highest BCUT2D eigenvalue weighted by atomic mass is 15.1. The van der Waals surface area contributed by atoms with Gasteiger partial charge in [0, 0.05) is 19.1 Å². The third-order valence-electron chi connectivity index (χ3n) is 4.90. The van der Waals surface area contributed by atoms with Gasteiger partial charge in [-0.05, 0) is 41.8 Å². The van der Waals surface area contributed by atoms with Crippen molar-refractivity contribution < 1.29 is 0 Å². The van der Waals surface area contributed by atoms with Gasteiger partial charge in [-0.3, -0.25) is 0 Å². The zero-order chi connectivity index (χ0) is 14.7. The maximum atomic E-state index is 6.39. The molecule has 1 aliphatic rings. The third kappa shape index (κ3) is 3.83. The highest BCUT2D eigenvalue weighted by molar-refractivity contribution is 5.26. The van der Waals surface area contributed by atoms with E-state index in [0.717, 1.165) is 18.4 Å². The Labute approximate surface area is 124 Å². The van der Waals surface area contributed by atoms with Crippen LogP contribution in [0.4, 0.5) is 0 Å². The van der Waals surface area contributed by atoms with Crippen molar-refractivity contribution >= 4 is 0 Å². The second kappa shape index (κ2) is 6.73. The first-order valence-electron chi connectivity index (χ1n) is 8.05. The molecule has 2 heteroatoms. The molecule has 1 saturated heterocycles. The molecular weight excluding hydrogens is 244 g/mol. The van der Waals surface area contributed by atoms with Crippen LogP contribution in [-0.4, -0.2) is 24.5 Å². The molecular formula is C18H30N2. The van der Waals surface area contributed by atoms with Gasteiger partial charge >= 0.3 is 0 Å². The SMILES string of the molecule is CC(C)c1ccc(C(N)CN2CCC(C)C(C)C2)cc1. The molecule has 0 aromatic heterocycles. The summed E-state index contributed by atoms with van der Waals surface area (Å²) in [5.74, 6) is 2.23. The van der Waals surface area contributed by atoms with E-state index in [1.165, 1.54) is 30.6 Å². The van der Waals surface area contributed by atoms with Crippen molar-refractivity contribution in [3.05, 3.63) is 35.4 Å². The number of likely N-dealkylation sites (tertiary alicyclic amines) is 1. The Balaban J connectivity index is 1.92. The molecule has 3 unspecified atom stereocenters. The lowest BCUT2D eigenvalue weighted by Gasteiger charge is -2.36. The highest BCUT2D eigenvalue weighted by Gasteiger charge is 2.23. The maximum Gasteiger partial charge on any atom is 0.0424 e. The van der Waals surface area contributed by atoms with Crippen molar-refractivity contribution in [2.75, 3.05) is 19.6 Å². The molecule has 2 N–H and O–H groups in total. The number of rotatable bonds is 4. The van der Waals surface area contributed by atoms with Crippen LogP contribution in [0.3, 0.4) is 0 Å². The molecule has 0 amide bonds. The monoisotopic (exact) mass is 274 g/mol. The molecule has 1 aromatic rings. The van der Waals surface area contributed by atoms with Gasteiger partial charge in [0.25, 0.3) is 0 Å². The van der Waals surface area contributed by atoms with Gasteiger partial charge < -0.3 is 10.6 Å². The molecule has 1 aromatic carbocycles. The molecule has 1 heterocycles. The van der Waals surface area contributed by atoms with Crippen molar-refractivity contribution in [3.8, 4) is 0 Å². The Kier molecular flexibility index (Phi) is 5.22. The average Bonchev–Trinajstić information content (AvgIpc) is 2.43. The van der Waals surface area contributed by atoms with Crippen LogP contribution in [0.15, 0.2) is 24.3 Å². The minimum Gasteiger partial charge on any atom is -0.323 e. The topological polar surface area (TPSA) is 29.3 Å². The van der Waals surface area contributed by atoms with E-state index in [1.807, 2.05) is 0 Å². The fraction of sp³-hybridized carbons (Fsp3) is 0.667. The second-order valence-electron chi connectivity index (χ2n) is 6.93. The quantitative estimate of drug-likeness (QED) is 0.905. The first-order chi connectivity index (χ1) is 9.47. The van der Waals surface area contributed by atoms with Crippen molar-refractivity contribution in [1.29, 1.82) is 0 Å². The van der Waals surface area contributed by atoms with Crippen LogP contribution in [0, 0.1) is 11.8 Å². The minimum absolute atomic E-state index is 0.136. The van der Waals surface area contributed by atoms with Gasteiger partial charge in [0.15, 0.2) is 0 Å². The van der Waals surface area contributed by atoms with Gasteiger partial charge in [-0.15, -0.1) is 0 Å². The Bertz CT molecular complexity index is 410. The van der Waals surface area contributed by atoms with Crippen LogP contribution in [0.1, 0.15) is 57.2 Å². The van der Waals surface area contributed by atoms with Crippen LogP contribution in [0.2, 0.25) is 0 Å². The van der Waals surface area contributed by atoms with Crippen molar-refractivity contribution in [1.82, 2.24) is 4.90 Å². The van der Waals surface area contributed by atoms with Crippen LogP contribution >= 0.6 is 0 Å². The molecule has 0 bridgehead atoms. The van der Waals surface area contributed by atoms with Gasteiger partial charge in [0.2, 0.25) is 0 Å². The molecule has 0 spiro atoms. The van der Waals surface area contributed by atoms with E-state index in [2.05, 4.69) is 56.9 Å². The van der Waals surface area contributed by atoms with Gasteiger partial charge in [0.05, 0.1) is 0 Å². The van der Waals surface area contributed by atoms with Crippen LogP contribution in [0.5, 0.6) is 0 Å². The third-order valence-corrected chi connectivity index (χ3v) is 4.90. The van der Waals surface area contributed by atoms with E-state index < -0.39 is 0 Å². The van der Waals surface area contributed by atoms with Gasteiger partial charge in [0.1, 0.15) is 0 Å². The van der Waals surface area contributed by atoms with E-state index in [0.29, 0.717) is 5.92 Å². The molecule has 1 aliphatic heterocycles. The Hall–Kier alpha value is -0.860. The summed E-state index contributed by atoms with van der Waals surface area (Å²) >= 11 is 0. The van der Waals surface area contributed by atoms with Crippen LogP contribution < -0.4 is 5.73 Å². The fourth-order valence-corrected chi connectivity index (χ4v) is 3.03. The van der Waals surface area contributed by atoms with Gasteiger partial charge in [-0.25, -0.2) is 0 Å². The van der Waals surface area contributed by atoms with E-state index in [1.54, 1.807) is 0 Å². The number of benzene rings is 1. The van der Waals surface area contributed by atoms with Gasteiger partial charge in [-0.1, -0.05) is 52.0 Å². The van der Waals surface area contributed by atoms with E-state index in [9.17, 15) is 0 Å². The summed E-state index contributed by atoms with van der Waals surface area (Å²) in [4.78, 5) is 2.53. The smallest absolute Gasteiger partial charge is 0.0424 e. The Morgan fingerprint density at radius 1 is 1.10 bits per heavy atom. The molecule has 0 saturated carbocycles. The van der Waals surface area contributed by atoms with Crippen LogP contribution in [0.25, 0.3) is 0 Å². The van der Waals surface area contributed by atoms with Crippen molar-refractivity contribution in [3.63, 3.8) is 0 Å². The molecule has 2 nitrogen and oxygen atoms in total. The molecule has 2 rings (SSSR count). The standard InChI is InChI=1S/C18H30N2/c1-13(2)16-5-7-17(8-6-16)18(19)12-20-10-9-14(3)15(4)11-20/h5-8,13-15,18H,9-12,19H2,1-4H3. The second-order valence-corrected chi connectivity index (χ2v) is 6.93. The summed E-state index contributed by atoms with van der Waals surface area (Å²) in [6, 6.07) is 8.99. The maximum absolute atomic E-state index is 6.39. The summed E-state index contributed by atoms with van der Waals surface area (Å²) in [5, 5.41) is 0. The Morgan fingerprint density at radius 3 is 2.25 bits per heavy atom. The predicted octanol–water partition coefficient (Wildman–Crippen LogP) is 3.79. The zero-order valence-corrected chi connectivity index (χ0v) is 13.5. The molecule has 0 aliphatic carbocycles. The summed E-state index contributed by atoms with van der Waals surface area (Å²) in [7, 11) is 0. The first kappa shape index (κ1) is 15.5. The lowest BCUT2D eigenvalue weighted by molar-refractivity contribution is 0.132. The average molecular weight is 274 g/mol. The predicted molar refractivity (Wildman–Crippen MR) is 86.8 cm³/mol. The number of hydrogen-bond acceptors (Lipinski definition) is 2. The molecule has 0 radical (unpaired) electrons. The summed E-state index contributed by atoms with van der Waals surface area (Å²) in [6.07, 6.45) is 1.31. The molecule has 20 heavy (non-hydrogen) atoms. The normalized spacial score (nSPS) is 25.9. The summed E-state index contributed by atoms with van der Waals surface area (Å²) in [6.45, 7) is 12.6. The molecule has 112 valence electrons. The number of hydrogen-bond donors (Lipinski definition) is 1. The largest absolute Gasteiger partial charge is 0.323 e. The first-order valence-corrected chi connectivity index (χ1v) is 8.05. The summed E-state index contributed by atoms with van der Waals surface area (Å²) < 4.78 is 0. The number of nitrogens with two attached hydrogens (primary N) is 1. The Morgan fingerprint density at radius 2 is 1.70 bits per heavy atom. The molecule has 3 atom stereocenters. The minimum atomic E-state index is 0.136. The number of nitrogens with zero attached hydrogens (tertiary/aromatic N) is 1. The lowest BCUT2D eigenvalue weighted by Crippen LogP contribution is -2.41. The summed E-state index contributed by atoms with van der Waals surface area (Å²) in [5.41, 5.74) is 9.05. The lowest BCUT2D eigenvalue weighted by atomic mass is 9.88. The van der Waals surface area contributed by atoms with Gasteiger partial charge in [-0.2, -0.15) is 0 Å².